The molecule has 128 valence electrons. The number of benzene rings is 1. The van der Waals surface area contributed by atoms with Gasteiger partial charge in [-0.25, -0.2) is 8.42 Å². The molecular weight excluding hydrogens is 348 g/mol. The minimum absolute atomic E-state index is 0.120. The number of nitrogens with one attached hydrogen (secondary N) is 2. The number of carbonyl (C=O) groups excluding carboxylic acids is 1. The summed E-state index contributed by atoms with van der Waals surface area (Å²) in [4.78, 5) is 12.9. The van der Waals surface area contributed by atoms with E-state index in [-0.39, 0.29) is 16.2 Å². The fourth-order valence-electron chi connectivity index (χ4n) is 2.95. The average molecular weight is 366 g/mol. The van der Waals surface area contributed by atoms with Crippen LogP contribution in [-0.4, -0.2) is 30.8 Å². The molecular formula is C15H18N4O3S2. The summed E-state index contributed by atoms with van der Waals surface area (Å²) >= 11 is 0.994. The summed E-state index contributed by atoms with van der Waals surface area (Å²) < 4.78 is 24.7. The highest BCUT2D eigenvalue weighted by atomic mass is 32.2. The molecule has 1 amide bonds. The third kappa shape index (κ3) is 3.27. The molecule has 1 aromatic carbocycles. The van der Waals surface area contributed by atoms with Crippen LogP contribution in [0.2, 0.25) is 0 Å². The molecule has 1 saturated carbocycles. The van der Waals surface area contributed by atoms with Gasteiger partial charge in [-0.2, -0.15) is 0 Å². The number of hydrogen-bond acceptors (Lipinski definition) is 6. The molecule has 0 unspecified atom stereocenters. The lowest BCUT2D eigenvalue weighted by Crippen LogP contribution is -2.46. The lowest BCUT2D eigenvalue weighted by atomic mass is 9.63. The number of hydrogen-bond donors (Lipinski definition) is 2. The van der Waals surface area contributed by atoms with E-state index >= 15 is 0 Å². The normalized spacial score (nSPS) is 16.2. The second-order valence-corrected chi connectivity index (χ2v) is 8.72. The van der Waals surface area contributed by atoms with Crippen LogP contribution in [0.25, 0.3) is 0 Å². The first-order valence-corrected chi connectivity index (χ1v) is 10.2. The van der Waals surface area contributed by atoms with Crippen molar-refractivity contribution >= 4 is 37.5 Å². The monoisotopic (exact) mass is 366 g/mol. The smallest absolute Gasteiger partial charge is 0.236 e. The van der Waals surface area contributed by atoms with Gasteiger partial charge in [0.2, 0.25) is 26.2 Å². The van der Waals surface area contributed by atoms with E-state index < -0.39 is 15.4 Å². The lowest BCUT2D eigenvalue weighted by molar-refractivity contribution is -0.124. The Morgan fingerprint density at radius 1 is 1.21 bits per heavy atom. The van der Waals surface area contributed by atoms with Gasteiger partial charge in [0.15, 0.2) is 0 Å². The number of amides is 1. The highest BCUT2D eigenvalue weighted by molar-refractivity contribution is 7.92. The maximum Gasteiger partial charge on any atom is 0.236 e. The molecule has 1 heterocycles. The molecule has 1 aromatic heterocycles. The first kappa shape index (κ1) is 16.8. The lowest BCUT2D eigenvalue weighted by Gasteiger charge is -2.41. The highest BCUT2D eigenvalue weighted by Crippen LogP contribution is 2.45. The molecule has 0 aliphatic heterocycles. The molecule has 7 nitrogen and oxygen atoms in total. The van der Waals surface area contributed by atoms with Gasteiger partial charge in [0.05, 0.1) is 11.7 Å². The molecule has 9 heteroatoms. The van der Waals surface area contributed by atoms with Crippen LogP contribution in [0.3, 0.4) is 0 Å². The fraction of sp³-hybridized carbons (Fsp3) is 0.400. The van der Waals surface area contributed by atoms with Crippen molar-refractivity contribution in [2.24, 2.45) is 0 Å². The Balaban J connectivity index is 1.80. The molecule has 1 aliphatic rings. The van der Waals surface area contributed by atoms with Gasteiger partial charge in [0, 0.05) is 0 Å². The Hall–Kier alpha value is -2.00. The van der Waals surface area contributed by atoms with E-state index in [9.17, 15) is 13.2 Å². The van der Waals surface area contributed by atoms with Crippen LogP contribution in [0.5, 0.6) is 0 Å². The second kappa shape index (κ2) is 6.14. The zero-order valence-electron chi connectivity index (χ0n) is 13.4. The van der Waals surface area contributed by atoms with E-state index in [2.05, 4.69) is 20.2 Å². The maximum absolute atomic E-state index is 12.9. The molecule has 3 rings (SSSR count). The van der Waals surface area contributed by atoms with Gasteiger partial charge in [0.1, 0.15) is 0 Å². The summed E-state index contributed by atoms with van der Waals surface area (Å²) in [5, 5.41) is 10.8. The standard InChI is InChI=1S/C15H18N4O3S2/c1-10-6-3-4-7-11(10)15(8-5-9-15)12(20)16-13-17-18-14(23-13)19-24(2,21)22/h3-4,6-7H,5,8-9H2,1-2H3,(H,18,19)(H,16,17,20). The van der Waals surface area contributed by atoms with Crippen molar-refractivity contribution in [1.82, 2.24) is 10.2 Å². The Labute approximate surface area is 144 Å². The van der Waals surface area contributed by atoms with Gasteiger partial charge in [-0.05, 0) is 30.9 Å². The van der Waals surface area contributed by atoms with E-state index in [1.54, 1.807) is 0 Å². The number of rotatable bonds is 5. The second-order valence-electron chi connectivity index (χ2n) is 5.99. The first-order valence-electron chi connectivity index (χ1n) is 7.49. The number of sulfonamides is 1. The van der Waals surface area contributed by atoms with Crippen molar-refractivity contribution in [2.75, 3.05) is 16.3 Å². The summed E-state index contributed by atoms with van der Waals surface area (Å²) in [6, 6.07) is 7.89. The van der Waals surface area contributed by atoms with Crippen LogP contribution in [0, 0.1) is 6.92 Å². The Kier molecular flexibility index (Phi) is 4.31. The predicted octanol–water partition coefficient (Wildman–Crippen LogP) is 2.28. The number of aryl methyl sites for hydroxylation is 1. The van der Waals surface area contributed by atoms with Crippen molar-refractivity contribution in [1.29, 1.82) is 0 Å². The highest BCUT2D eigenvalue weighted by Gasteiger charge is 2.46. The Morgan fingerprint density at radius 2 is 1.88 bits per heavy atom. The molecule has 0 saturated heterocycles. The number of carbonyl (C=O) groups is 1. The summed E-state index contributed by atoms with van der Waals surface area (Å²) in [7, 11) is -3.42. The Morgan fingerprint density at radius 3 is 2.46 bits per heavy atom. The average Bonchev–Trinajstić information content (AvgIpc) is 2.84. The van der Waals surface area contributed by atoms with Crippen molar-refractivity contribution in [3.05, 3.63) is 35.4 Å². The molecule has 24 heavy (non-hydrogen) atoms. The molecule has 0 radical (unpaired) electrons. The van der Waals surface area contributed by atoms with Gasteiger partial charge >= 0.3 is 0 Å². The van der Waals surface area contributed by atoms with E-state index in [1.807, 2.05) is 31.2 Å². The molecule has 0 bridgehead atoms. The van der Waals surface area contributed by atoms with E-state index in [1.165, 1.54) is 0 Å². The minimum Gasteiger partial charge on any atom is -0.300 e. The fourth-order valence-corrected chi connectivity index (χ4v) is 4.42. The van der Waals surface area contributed by atoms with Crippen LogP contribution < -0.4 is 10.0 Å². The third-order valence-electron chi connectivity index (χ3n) is 4.22. The predicted molar refractivity (Wildman–Crippen MR) is 93.7 cm³/mol. The number of nitrogens with zero attached hydrogens (tertiary/aromatic N) is 2. The number of anilines is 2. The molecule has 0 atom stereocenters. The number of aromatic nitrogens is 2. The zero-order valence-corrected chi connectivity index (χ0v) is 15.0. The van der Waals surface area contributed by atoms with Crippen molar-refractivity contribution in [3.8, 4) is 0 Å². The van der Waals surface area contributed by atoms with Gasteiger partial charge < -0.3 is 0 Å². The van der Waals surface area contributed by atoms with Crippen LogP contribution in [-0.2, 0) is 20.2 Å². The summed E-state index contributed by atoms with van der Waals surface area (Å²) in [5.41, 5.74) is 1.58. The molecule has 0 spiro atoms. The van der Waals surface area contributed by atoms with Gasteiger partial charge in [-0.3, -0.25) is 14.8 Å². The summed E-state index contributed by atoms with van der Waals surface area (Å²) in [6.07, 6.45) is 3.61. The SMILES string of the molecule is Cc1ccccc1C1(C(=O)Nc2nnc(NS(C)(=O)=O)s2)CCC1. The topological polar surface area (TPSA) is 101 Å². The van der Waals surface area contributed by atoms with Crippen LogP contribution in [0.4, 0.5) is 10.3 Å². The Bertz CT molecular complexity index is 872. The largest absolute Gasteiger partial charge is 0.300 e. The van der Waals surface area contributed by atoms with Crippen LogP contribution in [0.15, 0.2) is 24.3 Å². The van der Waals surface area contributed by atoms with Gasteiger partial charge in [-0.15, -0.1) is 10.2 Å². The minimum atomic E-state index is -3.42. The van der Waals surface area contributed by atoms with Gasteiger partial charge in [-0.1, -0.05) is 42.0 Å². The summed E-state index contributed by atoms with van der Waals surface area (Å²) in [5.74, 6) is -0.120. The van der Waals surface area contributed by atoms with Gasteiger partial charge in [0.25, 0.3) is 0 Å². The molecule has 2 N–H and O–H groups in total. The quantitative estimate of drug-likeness (QED) is 0.845. The van der Waals surface area contributed by atoms with Crippen LogP contribution >= 0.6 is 11.3 Å². The summed E-state index contributed by atoms with van der Waals surface area (Å²) in [6.45, 7) is 2.00. The van der Waals surface area contributed by atoms with Crippen molar-refractivity contribution in [3.63, 3.8) is 0 Å². The zero-order chi connectivity index (χ0) is 17.4. The maximum atomic E-state index is 12.9. The van der Waals surface area contributed by atoms with Crippen molar-refractivity contribution in [2.45, 2.75) is 31.6 Å². The molecule has 1 fully saturated rings. The molecule has 1 aliphatic carbocycles. The third-order valence-corrected chi connectivity index (χ3v) is 5.67. The van der Waals surface area contributed by atoms with E-state index in [0.29, 0.717) is 0 Å². The van der Waals surface area contributed by atoms with Crippen LogP contribution in [0.1, 0.15) is 30.4 Å². The first-order chi connectivity index (χ1) is 11.3. The molecule has 2 aromatic rings. The van der Waals surface area contributed by atoms with E-state index in [0.717, 1.165) is 48.0 Å². The van der Waals surface area contributed by atoms with Crippen molar-refractivity contribution < 1.29 is 13.2 Å². The van der Waals surface area contributed by atoms with E-state index in [4.69, 9.17) is 0 Å².